The van der Waals surface area contributed by atoms with Gasteiger partial charge in [0.05, 0.1) is 6.61 Å². The zero-order valence-electron chi connectivity index (χ0n) is 13.5. The van der Waals surface area contributed by atoms with E-state index in [1.807, 2.05) is 48.7 Å². The summed E-state index contributed by atoms with van der Waals surface area (Å²) in [5, 5.41) is 14.4. The molecule has 0 bridgehead atoms. The van der Waals surface area contributed by atoms with Crippen molar-refractivity contribution in [3.05, 3.63) is 54.9 Å². The van der Waals surface area contributed by atoms with Crippen LogP contribution in [0.2, 0.25) is 0 Å². The van der Waals surface area contributed by atoms with E-state index >= 15 is 0 Å². The lowest BCUT2D eigenvalue weighted by molar-refractivity contribution is 0.305. The third-order valence-electron chi connectivity index (χ3n) is 3.20. The van der Waals surface area contributed by atoms with Crippen molar-refractivity contribution in [2.75, 3.05) is 18.5 Å². The van der Waals surface area contributed by atoms with Crippen LogP contribution < -0.4 is 15.4 Å². The lowest BCUT2D eigenvalue weighted by Crippen LogP contribution is -2.27. The number of para-hydroxylation sites is 1. The highest BCUT2D eigenvalue weighted by Gasteiger charge is 1.99. The fourth-order valence-electron chi connectivity index (χ4n) is 2.02. The Morgan fingerprint density at radius 3 is 2.62 bits per heavy atom. The van der Waals surface area contributed by atoms with Gasteiger partial charge in [-0.05, 0) is 43.5 Å². The van der Waals surface area contributed by atoms with Crippen LogP contribution in [0.4, 0.5) is 5.69 Å². The van der Waals surface area contributed by atoms with Crippen LogP contribution in [0, 0.1) is 11.5 Å². The maximum absolute atomic E-state index is 8.78. The molecule has 0 aliphatic carbocycles. The molecule has 0 amide bonds. The van der Waals surface area contributed by atoms with E-state index in [1.165, 1.54) is 0 Å². The van der Waals surface area contributed by atoms with Gasteiger partial charge in [-0.3, -0.25) is 15.3 Å². The maximum atomic E-state index is 8.78. The van der Waals surface area contributed by atoms with Crippen LogP contribution in [0.3, 0.4) is 0 Å². The van der Waals surface area contributed by atoms with Gasteiger partial charge < -0.3 is 10.1 Å². The summed E-state index contributed by atoms with van der Waals surface area (Å²) in [4.78, 5) is 8.32. The normalized spacial score (nSPS) is 10.7. The number of unbranched alkanes of at least 4 members (excludes halogenated alkanes) is 2. The summed E-state index contributed by atoms with van der Waals surface area (Å²) in [6.45, 7) is 1.35. The number of aliphatic imine (C=N–C) groups is 1. The fraction of sp³-hybridized carbons (Fsp3) is 0.278. The van der Waals surface area contributed by atoms with Gasteiger partial charge in [0.2, 0.25) is 5.96 Å². The average molecular weight is 323 g/mol. The number of nitrogens with zero attached hydrogens (tertiary/aromatic N) is 3. The molecule has 2 rings (SSSR count). The Bertz CT molecular complexity index is 652. The van der Waals surface area contributed by atoms with E-state index in [-0.39, 0.29) is 0 Å². The maximum Gasteiger partial charge on any atom is 0.209 e. The molecule has 0 spiro atoms. The number of rotatable bonds is 8. The van der Waals surface area contributed by atoms with Crippen molar-refractivity contribution in [1.82, 2.24) is 10.3 Å². The number of nitriles is 1. The minimum atomic E-state index is 0.448. The zero-order valence-corrected chi connectivity index (χ0v) is 13.5. The number of benzene rings is 1. The largest absolute Gasteiger partial charge is 0.494 e. The first kappa shape index (κ1) is 17.3. The summed E-state index contributed by atoms with van der Waals surface area (Å²) in [5.41, 5.74) is 0.836. The fourth-order valence-corrected chi connectivity index (χ4v) is 2.02. The van der Waals surface area contributed by atoms with E-state index < -0.39 is 0 Å². The summed E-state index contributed by atoms with van der Waals surface area (Å²) in [7, 11) is 0. The average Bonchev–Trinajstić information content (AvgIpc) is 2.63. The zero-order chi connectivity index (χ0) is 16.9. The predicted molar refractivity (Wildman–Crippen MR) is 94.7 cm³/mol. The molecule has 0 unspecified atom stereocenters. The van der Waals surface area contributed by atoms with Gasteiger partial charge in [0, 0.05) is 24.6 Å². The highest BCUT2D eigenvalue weighted by molar-refractivity contribution is 5.94. The number of nitrogens with one attached hydrogen (secondary N) is 2. The lowest BCUT2D eigenvalue weighted by atomic mass is 10.2. The van der Waals surface area contributed by atoms with E-state index in [2.05, 4.69) is 20.6 Å². The molecule has 6 heteroatoms. The van der Waals surface area contributed by atoms with E-state index in [4.69, 9.17) is 10.00 Å². The van der Waals surface area contributed by atoms with Crippen LogP contribution in [-0.4, -0.2) is 24.1 Å². The number of pyridine rings is 1. The Morgan fingerprint density at radius 2 is 1.88 bits per heavy atom. The molecule has 0 saturated heterocycles. The summed E-state index contributed by atoms with van der Waals surface area (Å²) in [6.07, 6.45) is 8.18. The van der Waals surface area contributed by atoms with Crippen LogP contribution in [0.15, 0.2) is 59.9 Å². The third-order valence-corrected chi connectivity index (χ3v) is 3.20. The molecule has 24 heavy (non-hydrogen) atoms. The first-order valence-electron chi connectivity index (χ1n) is 7.93. The van der Waals surface area contributed by atoms with Gasteiger partial charge in [-0.25, -0.2) is 0 Å². The second kappa shape index (κ2) is 10.6. The number of ether oxygens (including phenoxy) is 1. The van der Waals surface area contributed by atoms with E-state index in [0.717, 1.165) is 30.7 Å². The van der Waals surface area contributed by atoms with Gasteiger partial charge in [0.25, 0.3) is 0 Å². The topological polar surface area (TPSA) is 82.3 Å². The monoisotopic (exact) mass is 323 g/mol. The Hall–Kier alpha value is -3.07. The minimum absolute atomic E-state index is 0.448. The smallest absolute Gasteiger partial charge is 0.209 e. The molecule has 1 aromatic heterocycles. The standard InChI is InChI=1S/C18H21N5O/c19-15-22-18(23-16-9-12-20-13-10-16)21-11-5-2-6-14-24-17-7-3-1-4-8-17/h1,3-4,7-10,12-13H,2,5-6,11,14H2,(H2,20,21,22,23). The van der Waals surface area contributed by atoms with Crippen molar-refractivity contribution in [2.24, 2.45) is 4.99 Å². The van der Waals surface area contributed by atoms with Crippen molar-refractivity contribution < 1.29 is 4.74 Å². The minimum Gasteiger partial charge on any atom is -0.494 e. The number of anilines is 1. The second-order valence-electron chi connectivity index (χ2n) is 5.05. The molecule has 0 aliphatic rings. The predicted octanol–water partition coefficient (Wildman–Crippen LogP) is 3.17. The third kappa shape index (κ3) is 6.79. The van der Waals surface area contributed by atoms with Crippen molar-refractivity contribution in [2.45, 2.75) is 19.3 Å². The van der Waals surface area contributed by atoms with E-state index in [0.29, 0.717) is 19.1 Å². The van der Waals surface area contributed by atoms with E-state index in [1.54, 1.807) is 12.4 Å². The van der Waals surface area contributed by atoms with Crippen LogP contribution in [0.5, 0.6) is 5.75 Å². The summed E-state index contributed by atoms with van der Waals surface area (Å²) in [6, 6.07) is 13.4. The molecule has 0 saturated carbocycles. The molecule has 6 nitrogen and oxygen atoms in total. The first-order valence-corrected chi connectivity index (χ1v) is 7.93. The molecule has 0 aliphatic heterocycles. The Morgan fingerprint density at radius 1 is 1.08 bits per heavy atom. The van der Waals surface area contributed by atoms with Gasteiger partial charge >= 0.3 is 0 Å². The van der Waals surface area contributed by atoms with Crippen LogP contribution in [0.25, 0.3) is 0 Å². The van der Waals surface area contributed by atoms with Gasteiger partial charge in [0.1, 0.15) is 5.75 Å². The van der Waals surface area contributed by atoms with Crippen molar-refractivity contribution >= 4 is 11.6 Å². The van der Waals surface area contributed by atoms with Gasteiger partial charge in [-0.1, -0.05) is 18.2 Å². The SMILES string of the molecule is N#CNC(=NCCCCCOc1ccccc1)Nc1ccncc1. The molecule has 124 valence electrons. The quantitative estimate of drug-likeness (QED) is 0.256. The number of aromatic nitrogens is 1. The Kier molecular flexibility index (Phi) is 7.65. The molecule has 1 aromatic carbocycles. The summed E-state index contributed by atoms with van der Waals surface area (Å²) in [5.74, 6) is 1.35. The van der Waals surface area contributed by atoms with E-state index in [9.17, 15) is 0 Å². The van der Waals surface area contributed by atoms with Gasteiger partial charge in [-0.2, -0.15) is 5.26 Å². The van der Waals surface area contributed by atoms with Crippen molar-refractivity contribution in [3.8, 4) is 11.9 Å². The second-order valence-corrected chi connectivity index (χ2v) is 5.05. The Labute approximate surface area is 142 Å². The molecule has 0 atom stereocenters. The molecule has 1 heterocycles. The number of hydrogen-bond donors (Lipinski definition) is 2. The summed E-state index contributed by atoms with van der Waals surface area (Å²) >= 11 is 0. The van der Waals surface area contributed by atoms with Crippen LogP contribution in [-0.2, 0) is 0 Å². The molecular formula is C18H21N5O. The van der Waals surface area contributed by atoms with Gasteiger partial charge in [0.15, 0.2) is 6.19 Å². The Balaban J connectivity index is 1.64. The lowest BCUT2D eigenvalue weighted by Gasteiger charge is -2.08. The highest BCUT2D eigenvalue weighted by Crippen LogP contribution is 2.09. The van der Waals surface area contributed by atoms with Crippen molar-refractivity contribution in [3.63, 3.8) is 0 Å². The molecule has 2 aromatic rings. The molecule has 0 fully saturated rings. The van der Waals surface area contributed by atoms with Crippen LogP contribution in [0.1, 0.15) is 19.3 Å². The molecule has 0 radical (unpaired) electrons. The highest BCUT2D eigenvalue weighted by atomic mass is 16.5. The first-order chi connectivity index (χ1) is 11.9. The van der Waals surface area contributed by atoms with Crippen LogP contribution >= 0.6 is 0 Å². The molecule has 2 N–H and O–H groups in total. The van der Waals surface area contributed by atoms with Gasteiger partial charge in [-0.15, -0.1) is 0 Å². The molecular weight excluding hydrogens is 302 g/mol. The number of hydrogen-bond acceptors (Lipinski definition) is 4. The summed E-state index contributed by atoms with van der Waals surface area (Å²) < 4.78 is 5.64. The van der Waals surface area contributed by atoms with Crippen molar-refractivity contribution in [1.29, 1.82) is 5.26 Å². The number of guanidine groups is 1.